The van der Waals surface area contributed by atoms with Gasteiger partial charge in [0.25, 0.3) is 0 Å². The molecule has 1 atom stereocenters. The fourth-order valence-corrected chi connectivity index (χ4v) is 3.14. The molecule has 1 fully saturated rings. The summed E-state index contributed by atoms with van der Waals surface area (Å²) in [5.74, 6) is 0.176. The van der Waals surface area contributed by atoms with E-state index in [1.807, 2.05) is 11.9 Å². The van der Waals surface area contributed by atoms with Gasteiger partial charge in [-0.3, -0.25) is 4.79 Å². The molecule has 5 nitrogen and oxygen atoms in total. The number of hydrogen-bond acceptors (Lipinski definition) is 5. The zero-order valence-corrected chi connectivity index (χ0v) is 12.0. The number of hydrogen-bond donors (Lipinski definition) is 1. The van der Waals surface area contributed by atoms with Gasteiger partial charge < -0.3 is 10.2 Å². The topological polar surface area (TPSA) is 58.1 Å². The summed E-state index contributed by atoms with van der Waals surface area (Å²) in [6.45, 7) is 5.69. The third kappa shape index (κ3) is 2.70. The fraction of sp³-hybridized carbons (Fsp3) is 0.750. The SMILES string of the molecule is CNC1C(=O)N(Cc2nncs2)CCCC1(C)C. The minimum atomic E-state index is -0.118. The van der Waals surface area contributed by atoms with Crippen molar-refractivity contribution >= 4 is 17.2 Å². The average molecular weight is 268 g/mol. The maximum atomic E-state index is 12.5. The van der Waals surface area contributed by atoms with Gasteiger partial charge in [-0.15, -0.1) is 21.5 Å². The lowest BCUT2D eigenvalue weighted by Gasteiger charge is -2.32. The summed E-state index contributed by atoms with van der Waals surface area (Å²) in [6.07, 6.45) is 2.09. The molecule has 6 heteroatoms. The van der Waals surface area contributed by atoms with Crippen molar-refractivity contribution in [3.8, 4) is 0 Å². The van der Waals surface area contributed by atoms with E-state index >= 15 is 0 Å². The first-order chi connectivity index (χ1) is 8.54. The molecule has 18 heavy (non-hydrogen) atoms. The lowest BCUT2D eigenvalue weighted by molar-refractivity contribution is -0.135. The Labute approximate surface area is 112 Å². The second-order valence-corrected chi connectivity index (χ2v) is 6.32. The molecule has 0 spiro atoms. The molecule has 0 saturated carbocycles. The van der Waals surface area contributed by atoms with Crippen molar-refractivity contribution < 1.29 is 4.79 Å². The summed E-state index contributed by atoms with van der Waals surface area (Å²) in [4.78, 5) is 14.4. The molecule has 1 unspecified atom stereocenters. The highest BCUT2D eigenvalue weighted by Crippen LogP contribution is 2.31. The molecule has 0 bridgehead atoms. The van der Waals surface area contributed by atoms with Crippen LogP contribution in [-0.4, -0.2) is 40.6 Å². The molecule has 0 aromatic carbocycles. The lowest BCUT2D eigenvalue weighted by atomic mass is 9.80. The van der Waals surface area contributed by atoms with Gasteiger partial charge in [0.1, 0.15) is 10.5 Å². The van der Waals surface area contributed by atoms with Crippen LogP contribution in [0.25, 0.3) is 0 Å². The molecule has 1 saturated heterocycles. The zero-order chi connectivity index (χ0) is 13.2. The number of nitrogens with one attached hydrogen (secondary N) is 1. The van der Waals surface area contributed by atoms with Gasteiger partial charge in [0.05, 0.1) is 12.6 Å². The Balaban J connectivity index is 2.14. The Morgan fingerprint density at radius 2 is 2.39 bits per heavy atom. The van der Waals surface area contributed by atoms with Gasteiger partial charge in [-0.1, -0.05) is 13.8 Å². The standard InChI is InChI=1S/C12H20N4OS/c1-12(2)5-4-6-16(11(17)10(12)13-3)7-9-15-14-8-18-9/h8,10,13H,4-7H2,1-3H3. The highest BCUT2D eigenvalue weighted by molar-refractivity contribution is 7.09. The molecule has 100 valence electrons. The van der Waals surface area contributed by atoms with Crippen molar-refractivity contribution in [2.45, 2.75) is 39.3 Å². The second-order valence-electron chi connectivity index (χ2n) is 5.41. The molecular formula is C12H20N4OS. The lowest BCUT2D eigenvalue weighted by Crippen LogP contribution is -2.50. The van der Waals surface area contributed by atoms with E-state index in [9.17, 15) is 4.79 Å². The van der Waals surface area contributed by atoms with Crippen molar-refractivity contribution in [3.63, 3.8) is 0 Å². The Morgan fingerprint density at radius 3 is 3.00 bits per heavy atom. The molecule has 1 aliphatic rings. The van der Waals surface area contributed by atoms with Crippen molar-refractivity contribution in [1.82, 2.24) is 20.4 Å². The maximum absolute atomic E-state index is 12.5. The molecule has 1 amide bonds. The Bertz CT molecular complexity index is 404. The van der Waals surface area contributed by atoms with Crippen LogP contribution in [-0.2, 0) is 11.3 Å². The van der Waals surface area contributed by atoms with Gasteiger partial charge in [-0.05, 0) is 25.3 Å². The summed E-state index contributed by atoms with van der Waals surface area (Å²) in [5, 5.41) is 11.9. The van der Waals surface area contributed by atoms with Crippen LogP contribution in [0.3, 0.4) is 0 Å². The number of aromatic nitrogens is 2. The van der Waals surface area contributed by atoms with E-state index in [1.54, 1.807) is 5.51 Å². The first kappa shape index (κ1) is 13.4. The number of nitrogens with zero attached hydrogens (tertiary/aromatic N) is 3. The molecule has 1 aromatic rings. The van der Waals surface area contributed by atoms with E-state index in [4.69, 9.17) is 0 Å². The number of likely N-dealkylation sites (N-methyl/N-ethyl adjacent to an activating group) is 1. The first-order valence-corrected chi connectivity index (χ1v) is 7.13. The first-order valence-electron chi connectivity index (χ1n) is 6.25. The Morgan fingerprint density at radius 1 is 1.61 bits per heavy atom. The van der Waals surface area contributed by atoms with Crippen LogP contribution >= 0.6 is 11.3 Å². The van der Waals surface area contributed by atoms with E-state index in [0.717, 1.165) is 24.4 Å². The molecule has 1 aliphatic heterocycles. The molecule has 2 rings (SSSR count). The van der Waals surface area contributed by atoms with E-state index in [1.165, 1.54) is 11.3 Å². The van der Waals surface area contributed by atoms with Gasteiger partial charge in [0.15, 0.2) is 0 Å². The number of likely N-dealkylation sites (tertiary alicyclic amines) is 1. The fourth-order valence-electron chi connectivity index (χ4n) is 2.60. The van der Waals surface area contributed by atoms with Crippen LogP contribution in [0.15, 0.2) is 5.51 Å². The van der Waals surface area contributed by atoms with E-state index in [0.29, 0.717) is 6.54 Å². The Hall–Kier alpha value is -1.01. The molecule has 1 aromatic heterocycles. The minimum Gasteiger partial charge on any atom is -0.334 e. The van der Waals surface area contributed by atoms with Crippen molar-refractivity contribution in [3.05, 3.63) is 10.5 Å². The van der Waals surface area contributed by atoms with Gasteiger partial charge in [0, 0.05) is 6.54 Å². The molecular weight excluding hydrogens is 248 g/mol. The largest absolute Gasteiger partial charge is 0.334 e. The third-order valence-electron chi connectivity index (χ3n) is 3.61. The molecule has 2 heterocycles. The van der Waals surface area contributed by atoms with Crippen LogP contribution in [0, 0.1) is 5.41 Å². The minimum absolute atomic E-state index is 0.00170. The van der Waals surface area contributed by atoms with E-state index in [-0.39, 0.29) is 17.4 Å². The predicted octanol–water partition coefficient (Wildman–Crippen LogP) is 1.27. The van der Waals surface area contributed by atoms with Crippen LogP contribution in [0.1, 0.15) is 31.7 Å². The van der Waals surface area contributed by atoms with Crippen LogP contribution in [0.5, 0.6) is 0 Å². The Kier molecular flexibility index (Phi) is 3.97. The number of rotatable bonds is 3. The third-order valence-corrected chi connectivity index (χ3v) is 4.29. The van der Waals surface area contributed by atoms with Crippen LogP contribution < -0.4 is 5.32 Å². The van der Waals surface area contributed by atoms with E-state index in [2.05, 4.69) is 29.4 Å². The average Bonchev–Trinajstić information content (AvgIpc) is 2.77. The predicted molar refractivity (Wildman–Crippen MR) is 71.2 cm³/mol. The van der Waals surface area contributed by atoms with Gasteiger partial charge in [-0.25, -0.2) is 0 Å². The maximum Gasteiger partial charge on any atom is 0.240 e. The number of carbonyl (C=O) groups excluding carboxylic acids is 1. The highest BCUT2D eigenvalue weighted by atomic mass is 32.1. The molecule has 0 radical (unpaired) electrons. The van der Waals surface area contributed by atoms with Crippen molar-refractivity contribution in [2.75, 3.05) is 13.6 Å². The quantitative estimate of drug-likeness (QED) is 0.897. The van der Waals surface area contributed by atoms with Gasteiger partial charge >= 0.3 is 0 Å². The monoisotopic (exact) mass is 268 g/mol. The molecule has 0 aliphatic carbocycles. The van der Waals surface area contributed by atoms with Crippen LogP contribution in [0.4, 0.5) is 0 Å². The second kappa shape index (κ2) is 5.32. The summed E-state index contributed by atoms with van der Waals surface area (Å²) in [7, 11) is 1.86. The van der Waals surface area contributed by atoms with Crippen molar-refractivity contribution in [2.24, 2.45) is 5.41 Å². The molecule has 1 N–H and O–H groups in total. The zero-order valence-electron chi connectivity index (χ0n) is 11.1. The summed E-state index contributed by atoms with van der Waals surface area (Å²) in [5.41, 5.74) is 1.71. The summed E-state index contributed by atoms with van der Waals surface area (Å²) >= 11 is 1.50. The number of carbonyl (C=O) groups is 1. The van der Waals surface area contributed by atoms with Crippen molar-refractivity contribution in [1.29, 1.82) is 0 Å². The summed E-state index contributed by atoms with van der Waals surface area (Å²) < 4.78 is 0. The van der Waals surface area contributed by atoms with E-state index < -0.39 is 0 Å². The summed E-state index contributed by atoms with van der Waals surface area (Å²) in [6, 6.07) is -0.118. The normalized spacial score (nSPS) is 24.1. The van der Waals surface area contributed by atoms with Gasteiger partial charge in [0.2, 0.25) is 5.91 Å². The highest BCUT2D eigenvalue weighted by Gasteiger charge is 2.38. The smallest absolute Gasteiger partial charge is 0.240 e. The van der Waals surface area contributed by atoms with Gasteiger partial charge in [-0.2, -0.15) is 0 Å². The van der Waals surface area contributed by atoms with Crippen LogP contribution in [0.2, 0.25) is 0 Å². The number of amides is 1.